The Morgan fingerprint density at radius 2 is 1.63 bits per heavy atom. The Balaban J connectivity index is 3.35. The largest absolute Gasteiger partial charge is 0.416 e. The summed E-state index contributed by atoms with van der Waals surface area (Å²) >= 11 is 0. The summed E-state index contributed by atoms with van der Waals surface area (Å²) in [6.45, 7) is 3.42. The number of hydrogen-bond donors (Lipinski definition) is 1. The maximum absolute atomic E-state index is 12.8. The van der Waals surface area contributed by atoms with E-state index in [0.29, 0.717) is 24.7 Å². The van der Waals surface area contributed by atoms with Gasteiger partial charge in [-0.3, -0.25) is 0 Å². The summed E-state index contributed by atoms with van der Waals surface area (Å²) in [5.74, 6) is 0. The third kappa shape index (κ3) is 3.86. The van der Waals surface area contributed by atoms with Gasteiger partial charge in [-0.05, 0) is 37.2 Å². The van der Waals surface area contributed by atoms with Crippen LogP contribution in [0.3, 0.4) is 0 Å². The van der Waals surface area contributed by atoms with Gasteiger partial charge in [-0.15, -0.1) is 0 Å². The molecule has 0 fully saturated rings. The van der Waals surface area contributed by atoms with Crippen LogP contribution < -0.4 is 5.32 Å². The molecule has 7 heteroatoms. The van der Waals surface area contributed by atoms with Crippen LogP contribution >= 0.6 is 0 Å². The highest BCUT2D eigenvalue weighted by Crippen LogP contribution is 2.38. The topological polar surface area (TPSA) is 12.0 Å². The van der Waals surface area contributed by atoms with Crippen LogP contribution in [-0.2, 0) is 12.4 Å². The molecule has 0 radical (unpaired) electrons. The lowest BCUT2D eigenvalue weighted by atomic mass is 9.98. The van der Waals surface area contributed by atoms with Crippen LogP contribution in [0.4, 0.5) is 26.3 Å². The summed E-state index contributed by atoms with van der Waals surface area (Å²) in [6.07, 6.45) is -9.34. The van der Waals surface area contributed by atoms with Gasteiger partial charge >= 0.3 is 12.4 Å². The Hall–Kier alpha value is -1.24. The standard InChI is InChI=1S/C12H13F6N/c1-3-19-7(2)9-6-8(11(13,14)15)4-5-10(9)12(16,17)18/h4-7,19H,3H2,1-2H3/t7-/m1/s1. The zero-order valence-electron chi connectivity index (χ0n) is 10.3. The molecule has 108 valence electrons. The fourth-order valence-corrected chi connectivity index (χ4v) is 1.77. The van der Waals surface area contributed by atoms with Crippen LogP contribution in [0.15, 0.2) is 18.2 Å². The highest BCUT2D eigenvalue weighted by molar-refractivity contribution is 5.37. The molecule has 1 N–H and O–H groups in total. The summed E-state index contributed by atoms with van der Waals surface area (Å²) in [6, 6.07) is 0.663. The lowest BCUT2D eigenvalue weighted by molar-refractivity contribution is -0.142. The zero-order valence-corrected chi connectivity index (χ0v) is 10.3. The smallest absolute Gasteiger partial charge is 0.310 e. The molecule has 0 aliphatic carbocycles. The van der Waals surface area contributed by atoms with Crippen molar-refractivity contribution >= 4 is 0 Å². The molecule has 0 saturated carbocycles. The summed E-state index contributed by atoms with van der Waals surface area (Å²) in [5.41, 5.74) is -2.53. The summed E-state index contributed by atoms with van der Waals surface area (Å²) in [5, 5.41) is 2.69. The predicted molar refractivity (Wildman–Crippen MR) is 58.5 cm³/mol. The molecule has 0 aliphatic rings. The van der Waals surface area contributed by atoms with Gasteiger partial charge < -0.3 is 5.32 Å². The minimum atomic E-state index is -4.68. The first-order valence-corrected chi connectivity index (χ1v) is 5.59. The van der Waals surface area contributed by atoms with Crippen molar-refractivity contribution in [2.24, 2.45) is 0 Å². The summed E-state index contributed by atoms with van der Waals surface area (Å²) in [4.78, 5) is 0. The SMILES string of the molecule is CCN[C@H](C)c1cc(C(F)(F)F)ccc1C(F)(F)F. The first kappa shape index (κ1) is 15.8. The zero-order chi connectivity index (χ0) is 14.8. The molecule has 1 rings (SSSR count). The molecular weight excluding hydrogens is 272 g/mol. The lowest BCUT2D eigenvalue weighted by Gasteiger charge is -2.20. The van der Waals surface area contributed by atoms with E-state index in [-0.39, 0.29) is 0 Å². The molecule has 19 heavy (non-hydrogen) atoms. The van der Waals surface area contributed by atoms with E-state index in [1.807, 2.05) is 0 Å². The van der Waals surface area contributed by atoms with Gasteiger partial charge in [0.2, 0.25) is 0 Å². The van der Waals surface area contributed by atoms with E-state index in [2.05, 4.69) is 5.32 Å². The van der Waals surface area contributed by atoms with Gasteiger partial charge in [0.15, 0.2) is 0 Å². The second-order valence-electron chi connectivity index (χ2n) is 4.08. The highest BCUT2D eigenvalue weighted by Gasteiger charge is 2.37. The maximum atomic E-state index is 12.8. The molecule has 0 amide bonds. The van der Waals surface area contributed by atoms with Crippen LogP contribution in [0.25, 0.3) is 0 Å². The number of alkyl halides is 6. The van der Waals surface area contributed by atoms with E-state index >= 15 is 0 Å². The second kappa shape index (κ2) is 5.40. The molecule has 1 aromatic rings. The van der Waals surface area contributed by atoms with E-state index < -0.39 is 35.1 Å². The molecular formula is C12H13F6N. The monoisotopic (exact) mass is 285 g/mol. The van der Waals surface area contributed by atoms with Crippen molar-refractivity contribution in [3.63, 3.8) is 0 Å². The van der Waals surface area contributed by atoms with Crippen molar-refractivity contribution in [1.82, 2.24) is 5.32 Å². The van der Waals surface area contributed by atoms with Gasteiger partial charge in [-0.1, -0.05) is 6.92 Å². The molecule has 1 atom stereocenters. The van der Waals surface area contributed by atoms with Gasteiger partial charge in [0.25, 0.3) is 0 Å². The summed E-state index contributed by atoms with van der Waals surface area (Å²) in [7, 11) is 0. The first-order chi connectivity index (χ1) is 8.57. The van der Waals surface area contributed by atoms with Crippen LogP contribution in [-0.4, -0.2) is 6.54 Å². The quantitative estimate of drug-likeness (QED) is 0.812. The van der Waals surface area contributed by atoms with Gasteiger partial charge in [0, 0.05) is 6.04 Å². The Kier molecular flexibility index (Phi) is 4.50. The van der Waals surface area contributed by atoms with Crippen LogP contribution in [0, 0.1) is 0 Å². The number of nitrogens with one attached hydrogen (secondary N) is 1. The minimum Gasteiger partial charge on any atom is -0.310 e. The molecule has 0 bridgehead atoms. The van der Waals surface area contributed by atoms with E-state index in [0.717, 1.165) is 0 Å². The van der Waals surface area contributed by atoms with Gasteiger partial charge in [0.05, 0.1) is 11.1 Å². The summed E-state index contributed by atoms with van der Waals surface area (Å²) < 4.78 is 75.9. The normalized spacial score (nSPS) is 14.5. The van der Waals surface area contributed by atoms with Crippen LogP contribution in [0.5, 0.6) is 0 Å². The Morgan fingerprint density at radius 3 is 2.05 bits per heavy atom. The number of benzene rings is 1. The highest BCUT2D eigenvalue weighted by atomic mass is 19.4. The van der Waals surface area contributed by atoms with Gasteiger partial charge in [0.1, 0.15) is 0 Å². The lowest BCUT2D eigenvalue weighted by Crippen LogP contribution is -2.22. The molecule has 0 aromatic heterocycles. The molecule has 0 aliphatic heterocycles. The van der Waals surface area contributed by atoms with Crippen molar-refractivity contribution in [3.8, 4) is 0 Å². The van der Waals surface area contributed by atoms with Crippen molar-refractivity contribution in [2.75, 3.05) is 6.54 Å². The fraction of sp³-hybridized carbons (Fsp3) is 0.500. The molecule has 0 heterocycles. The van der Waals surface area contributed by atoms with E-state index in [1.165, 1.54) is 6.92 Å². The number of rotatable bonds is 3. The fourth-order valence-electron chi connectivity index (χ4n) is 1.77. The van der Waals surface area contributed by atoms with Gasteiger partial charge in [-0.2, -0.15) is 26.3 Å². The van der Waals surface area contributed by atoms with Gasteiger partial charge in [-0.25, -0.2) is 0 Å². The van der Waals surface area contributed by atoms with Crippen LogP contribution in [0.1, 0.15) is 36.6 Å². The maximum Gasteiger partial charge on any atom is 0.416 e. The van der Waals surface area contributed by atoms with Crippen molar-refractivity contribution in [1.29, 1.82) is 0 Å². The van der Waals surface area contributed by atoms with Crippen molar-refractivity contribution in [3.05, 3.63) is 34.9 Å². The Morgan fingerprint density at radius 1 is 1.05 bits per heavy atom. The third-order valence-corrected chi connectivity index (χ3v) is 2.66. The minimum absolute atomic E-state index is 0.356. The molecule has 0 saturated heterocycles. The van der Waals surface area contributed by atoms with Crippen molar-refractivity contribution < 1.29 is 26.3 Å². The first-order valence-electron chi connectivity index (χ1n) is 5.59. The predicted octanol–water partition coefficient (Wildman–Crippen LogP) is 4.39. The molecule has 1 aromatic carbocycles. The van der Waals surface area contributed by atoms with E-state index in [4.69, 9.17) is 0 Å². The molecule has 0 unspecified atom stereocenters. The third-order valence-electron chi connectivity index (χ3n) is 2.66. The average molecular weight is 285 g/mol. The number of hydrogen-bond acceptors (Lipinski definition) is 1. The van der Waals surface area contributed by atoms with E-state index in [1.54, 1.807) is 6.92 Å². The Labute approximate surface area is 106 Å². The van der Waals surface area contributed by atoms with Crippen LogP contribution in [0.2, 0.25) is 0 Å². The molecule has 1 nitrogen and oxygen atoms in total. The molecule has 0 spiro atoms. The second-order valence-corrected chi connectivity index (χ2v) is 4.08. The van der Waals surface area contributed by atoms with E-state index in [9.17, 15) is 26.3 Å². The number of halogens is 6. The Bertz CT molecular complexity index is 435. The average Bonchev–Trinajstić information content (AvgIpc) is 2.26. The van der Waals surface area contributed by atoms with Crippen molar-refractivity contribution in [2.45, 2.75) is 32.2 Å².